The van der Waals surface area contributed by atoms with Crippen molar-refractivity contribution in [2.24, 2.45) is 5.92 Å². The van der Waals surface area contributed by atoms with Gasteiger partial charge in [-0.3, -0.25) is 4.79 Å². The second-order valence-electron chi connectivity index (χ2n) is 7.17. The average Bonchev–Trinajstić information content (AvgIpc) is 3.03. The first-order valence-electron chi connectivity index (χ1n) is 9.19. The highest BCUT2D eigenvalue weighted by Gasteiger charge is 2.36. The van der Waals surface area contributed by atoms with Crippen LogP contribution in [-0.4, -0.2) is 30.0 Å². The Morgan fingerprint density at radius 3 is 2.65 bits per heavy atom. The molecule has 0 unspecified atom stereocenters. The summed E-state index contributed by atoms with van der Waals surface area (Å²) in [6.07, 6.45) is 4.23. The number of fused-ring (bicyclic) bond motifs is 1. The zero-order valence-electron chi connectivity index (χ0n) is 14.9. The van der Waals surface area contributed by atoms with Crippen molar-refractivity contribution >= 4 is 17.4 Å². The third-order valence-electron chi connectivity index (χ3n) is 5.49. The van der Waals surface area contributed by atoms with Crippen molar-refractivity contribution in [3.8, 4) is 6.07 Å². The average molecular weight is 346 g/mol. The second kappa shape index (κ2) is 6.80. The Kier molecular flexibility index (Phi) is 4.34. The first-order chi connectivity index (χ1) is 12.7. The molecule has 1 amide bonds. The van der Waals surface area contributed by atoms with Crippen molar-refractivity contribution in [3.05, 3.63) is 53.7 Å². The fourth-order valence-corrected chi connectivity index (χ4v) is 4.09. The number of hydrogen-bond donors (Lipinski definition) is 0. The summed E-state index contributed by atoms with van der Waals surface area (Å²) in [5.74, 6) is 1.21. The first kappa shape index (κ1) is 16.6. The number of aromatic nitrogens is 1. The lowest BCUT2D eigenvalue weighted by atomic mass is 9.94. The van der Waals surface area contributed by atoms with E-state index in [4.69, 9.17) is 5.26 Å². The van der Waals surface area contributed by atoms with Crippen LogP contribution in [0.2, 0.25) is 0 Å². The molecule has 0 spiro atoms. The molecule has 26 heavy (non-hydrogen) atoms. The number of piperidine rings is 1. The molecule has 0 radical (unpaired) electrons. The van der Waals surface area contributed by atoms with Crippen LogP contribution in [0.3, 0.4) is 0 Å². The fraction of sp³-hybridized carbons (Fsp3) is 0.381. The maximum absolute atomic E-state index is 13.2. The Hall–Kier alpha value is -2.87. The number of nitrogens with zero attached hydrogens (tertiary/aromatic N) is 4. The van der Waals surface area contributed by atoms with Crippen LogP contribution in [0.1, 0.15) is 30.9 Å². The zero-order valence-corrected chi connectivity index (χ0v) is 14.9. The van der Waals surface area contributed by atoms with Gasteiger partial charge in [0.25, 0.3) is 0 Å². The normalized spacial score (nSPS) is 19.9. The van der Waals surface area contributed by atoms with Gasteiger partial charge < -0.3 is 9.80 Å². The lowest BCUT2D eigenvalue weighted by molar-refractivity contribution is -0.123. The molecule has 0 bridgehead atoms. The van der Waals surface area contributed by atoms with Crippen molar-refractivity contribution in [2.75, 3.05) is 22.9 Å². The number of amides is 1. The highest BCUT2D eigenvalue weighted by Crippen LogP contribution is 2.34. The molecule has 2 aliphatic heterocycles. The van der Waals surface area contributed by atoms with Gasteiger partial charge in [0.1, 0.15) is 11.9 Å². The minimum Gasteiger partial charge on any atom is -0.357 e. The van der Waals surface area contributed by atoms with E-state index in [1.807, 2.05) is 23.1 Å². The Bertz CT molecular complexity index is 847. The van der Waals surface area contributed by atoms with Gasteiger partial charge in [-0.15, -0.1) is 0 Å². The topological polar surface area (TPSA) is 60.2 Å². The molecule has 0 aliphatic carbocycles. The van der Waals surface area contributed by atoms with Gasteiger partial charge >= 0.3 is 0 Å². The van der Waals surface area contributed by atoms with Crippen LogP contribution < -0.4 is 9.80 Å². The predicted molar refractivity (Wildman–Crippen MR) is 101 cm³/mol. The lowest BCUT2D eigenvalue weighted by Gasteiger charge is -2.35. The second-order valence-corrected chi connectivity index (χ2v) is 7.17. The largest absolute Gasteiger partial charge is 0.357 e. The van der Waals surface area contributed by atoms with Gasteiger partial charge in [-0.1, -0.05) is 18.2 Å². The van der Waals surface area contributed by atoms with E-state index in [-0.39, 0.29) is 17.9 Å². The van der Waals surface area contributed by atoms with Gasteiger partial charge in [0.15, 0.2) is 0 Å². The summed E-state index contributed by atoms with van der Waals surface area (Å²) in [7, 11) is 0. The first-order valence-corrected chi connectivity index (χ1v) is 9.19. The third kappa shape index (κ3) is 2.92. The predicted octanol–water partition coefficient (Wildman–Crippen LogP) is 3.15. The molecule has 5 heteroatoms. The summed E-state index contributed by atoms with van der Waals surface area (Å²) in [5.41, 5.74) is 2.93. The molecule has 0 saturated carbocycles. The van der Waals surface area contributed by atoms with Crippen molar-refractivity contribution in [1.82, 2.24) is 4.98 Å². The van der Waals surface area contributed by atoms with Crippen LogP contribution in [0.25, 0.3) is 0 Å². The van der Waals surface area contributed by atoms with Crippen LogP contribution in [0, 0.1) is 17.2 Å². The highest BCUT2D eigenvalue weighted by atomic mass is 16.2. The van der Waals surface area contributed by atoms with Crippen LogP contribution in [0.4, 0.5) is 11.5 Å². The molecule has 1 saturated heterocycles. The number of carbonyl (C=O) groups excluding carboxylic acids is 1. The van der Waals surface area contributed by atoms with Crippen LogP contribution >= 0.6 is 0 Å². The van der Waals surface area contributed by atoms with E-state index < -0.39 is 0 Å². The van der Waals surface area contributed by atoms with Gasteiger partial charge in [0.05, 0.1) is 5.56 Å². The van der Waals surface area contributed by atoms with Crippen molar-refractivity contribution < 1.29 is 4.79 Å². The monoisotopic (exact) mass is 346 g/mol. The SMILES string of the molecule is C[C@H]1Cc2ccccc2N1C(=O)C1CCN(c2ccc(C#N)cn2)CC1. The summed E-state index contributed by atoms with van der Waals surface area (Å²) in [4.78, 5) is 21.7. The Morgan fingerprint density at radius 2 is 1.96 bits per heavy atom. The summed E-state index contributed by atoms with van der Waals surface area (Å²) in [6.45, 7) is 3.77. The van der Waals surface area contributed by atoms with E-state index in [2.05, 4.69) is 35.0 Å². The van der Waals surface area contributed by atoms with Gasteiger partial charge in [-0.2, -0.15) is 5.26 Å². The number of benzene rings is 1. The van der Waals surface area contributed by atoms with Crippen molar-refractivity contribution in [3.63, 3.8) is 0 Å². The van der Waals surface area contributed by atoms with E-state index in [0.717, 1.165) is 43.9 Å². The van der Waals surface area contributed by atoms with Crippen LogP contribution in [0.15, 0.2) is 42.6 Å². The molecule has 132 valence electrons. The quantitative estimate of drug-likeness (QED) is 0.838. The molecule has 2 aliphatic rings. The summed E-state index contributed by atoms with van der Waals surface area (Å²) in [6, 6.07) is 14.2. The number of nitriles is 1. The molecular weight excluding hydrogens is 324 g/mol. The number of rotatable bonds is 2. The molecule has 4 rings (SSSR count). The fourth-order valence-electron chi connectivity index (χ4n) is 4.09. The minimum atomic E-state index is 0.0678. The van der Waals surface area contributed by atoms with Gasteiger partial charge in [-0.05, 0) is 49.9 Å². The molecule has 2 aromatic rings. The van der Waals surface area contributed by atoms with E-state index in [9.17, 15) is 4.79 Å². The lowest BCUT2D eigenvalue weighted by Crippen LogP contribution is -2.45. The third-order valence-corrected chi connectivity index (χ3v) is 5.49. The number of carbonyl (C=O) groups is 1. The van der Waals surface area contributed by atoms with E-state index >= 15 is 0 Å². The molecule has 1 aromatic carbocycles. The molecular formula is C21H22N4O. The smallest absolute Gasteiger partial charge is 0.230 e. The van der Waals surface area contributed by atoms with Crippen molar-refractivity contribution in [1.29, 1.82) is 5.26 Å². The molecule has 3 heterocycles. The number of pyridine rings is 1. The molecule has 1 atom stereocenters. The maximum Gasteiger partial charge on any atom is 0.230 e. The van der Waals surface area contributed by atoms with Crippen LogP contribution in [-0.2, 0) is 11.2 Å². The number of para-hydroxylation sites is 1. The summed E-state index contributed by atoms with van der Waals surface area (Å²) in [5, 5.41) is 8.88. The number of hydrogen-bond acceptors (Lipinski definition) is 4. The Morgan fingerprint density at radius 1 is 1.19 bits per heavy atom. The standard InChI is InChI=1S/C21H22N4O/c1-15-12-18-4-2-3-5-19(18)25(15)21(26)17-8-10-24(11-9-17)20-7-6-16(13-22)14-23-20/h2-7,14-15,17H,8-12H2,1H3/t15-/m0/s1. The van der Waals surface area contributed by atoms with Gasteiger partial charge in [0, 0.05) is 36.9 Å². The number of anilines is 2. The minimum absolute atomic E-state index is 0.0678. The van der Waals surface area contributed by atoms with E-state index in [1.165, 1.54) is 5.56 Å². The highest BCUT2D eigenvalue weighted by molar-refractivity contribution is 5.97. The Labute approximate surface area is 153 Å². The molecule has 5 nitrogen and oxygen atoms in total. The van der Waals surface area contributed by atoms with E-state index in [0.29, 0.717) is 5.56 Å². The Balaban J connectivity index is 1.43. The molecule has 1 aromatic heterocycles. The van der Waals surface area contributed by atoms with Gasteiger partial charge in [0.2, 0.25) is 5.91 Å². The van der Waals surface area contributed by atoms with Crippen LogP contribution in [0.5, 0.6) is 0 Å². The molecule has 0 N–H and O–H groups in total. The maximum atomic E-state index is 13.2. The summed E-state index contributed by atoms with van der Waals surface area (Å²) >= 11 is 0. The summed E-state index contributed by atoms with van der Waals surface area (Å²) < 4.78 is 0. The van der Waals surface area contributed by atoms with E-state index in [1.54, 1.807) is 12.3 Å². The van der Waals surface area contributed by atoms with Crippen molar-refractivity contribution in [2.45, 2.75) is 32.2 Å². The van der Waals surface area contributed by atoms with Gasteiger partial charge in [-0.25, -0.2) is 4.98 Å². The molecule has 1 fully saturated rings. The zero-order chi connectivity index (χ0) is 18.1.